The van der Waals surface area contributed by atoms with Crippen LogP contribution >= 0.6 is 0 Å². The summed E-state index contributed by atoms with van der Waals surface area (Å²) in [4.78, 5) is 4.86. The van der Waals surface area contributed by atoms with Crippen molar-refractivity contribution in [3.63, 3.8) is 0 Å². The number of furan rings is 2. The van der Waals surface area contributed by atoms with Crippen molar-refractivity contribution in [3.05, 3.63) is 198 Å². The number of nitrogens with zero attached hydrogens (tertiary/aromatic N) is 2. The Kier molecular flexibility index (Phi) is 8.98. The van der Waals surface area contributed by atoms with Crippen molar-refractivity contribution in [2.45, 2.75) is 52.4 Å². The molecule has 9 aromatic carbocycles. The van der Waals surface area contributed by atoms with Crippen molar-refractivity contribution in [2.24, 2.45) is 0 Å². The van der Waals surface area contributed by atoms with Crippen LogP contribution < -0.4 is 9.80 Å². The fourth-order valence-electron chi connectivity index (χ4n) is 10.2. The van der Waals surface area contributed by atoms with Crippen LogP contribution in [0.2, 0.25) is 0 Å². The van der Waals surface area contributed by atoms with E-state index < -0.39 is 0 Å². The lowest BCUT2D eigenvalue weighted by molar-refractivity contribution is 0.596. The maximum absolute atomic E-state index is 6.85. The molecule has 4 heteroatoms. The van der Waals surface area contributed by atoms with Gasteiger partial charge in [0.25, 0.3) is 0 Å². The van der Waals surface area contributed by atoms with Crippen molar-refractivity contribution in [3.8, 4) is 0 Å². The summed E-state index contributed by atoms with van der Waals surface area (Å²) in [5.41, 5.74) is 12.9. The number of hydrogen-bond acceptors (Lipinski definition) is 4. The van der Waals surface area contributed by atoms with E-state index in [9.17, 15) is 0 Å². The molecule has 11 aromatic rings. The Bertz CT molecular complexity index is 3630. The molecule has 0 N–H and O–H groups in total. The van der Waals surface area contributed by atoms with Gasteiger partial charge in [-0.1, -0.05) is 137 Å². The van der Waals surface area contributed by atoms with Crippen LogP contribution in [0.3, 0.4) is 0 Å². The summed E-state index contributed by atoms with van der Waals surface area (Å²) in [7, 11) is 0. The van der Waals surface area contributed by atoms with E-state index >= 15 is 0 Å². The average molecular weight is 829 g/mol. The van der Waals surface area contributed by atoms with Crippen LogP contribution in [0.15, 0.2) is 185 Å². The van der Waals surface area contributed by atoms with E-state index in [1.54, 1.807) is 0 Å². The third-order valence-electron chi connectivity index (χ3n) is 13.4. The fraction of sp³-hybridized carbons (Fsp3) is 0.133. The number of aryl methyl sites for hydroxylation is 1. The van der Waals surface area contributed by atoms with E-state index in [0.717, 1.165) is 80.2 Å². The monoisotopic (exact) mass is 828 g/mol. The molecule has 0 radical (unpaired) electrons. The Morgan fingerprint density at radius 3 is 1.50 bits per heavy atom. The van der Waals surface area contributed by atoms with Crippen molar-refractivity contribution in [1.82, 2.24) is 0 Å². The number of rotatable bonds is 8. The van der Waals surface area contributed by atoms with E-state index in [4.69, 9.17) is 8.83 Å². The highest BCUT2D eigenvalue weighted by Gasteiger charge is 2.27. The quantitative estimate of drug-likeness (QED) is 0.143. The molecule has 0 spiro atoms. The van der Waals surface area contributed by atoms with Gasteiger partial charge in [-0.3, -0.25) is 0 Å². The van der Waals surface area contributed by atoms with Gasteiger partial charge < -0.3 is 18.6 Å². The molecule has 0 atom stereocenters. The smallest absolute Gasteiger partial charge is 0.159 e. The molecule has 2 aromatic heterocycles. The van der Waals surface area contributed by atoms with Gasteiger partial charge in [0.1, 0.15) is 11.3 Å². The van der Waals surface area contributed by atoms with Gasteiger partial charge in [-0.05, 0) is 130 Å². The summed E-state index contributed by atoms with van der Waals surface area (Å²) in [6.45, 7) is 9.13. The van der Waals surface area contributed by atoms with Crippen molar-refractivity contribution in [1.29, 1.82) is 0 Å². The first kappa shape index (κ1) is 38.1. The van der Waals surface area contributed by atoms with Gasteiger partial charge in [0.05, 0.1) is 22.7 Å². The van der Waals surface area contributed by atoms with E-state index in [2.05, 4.69) is 213 Å². The summed E-state index contributed by atoms with van der Waals surface area (Å²) < 4.78 is 13.6. The lowest BCUT2D eigenvalue weighted by atomic mass is 9.89. The van der Waals surface area contributed by atoms with Crippen LogP contribution in [0, 0.1) is 0 Å². The van der Waals surface area contributed by atoms with Gasteiger partial charge in [-0.2, -0.15) is 0 Å². The minimum absolute atomic E-state index is 0.335. The molecule has 1 aliphatic rings. The lowest BCUT2D eigenvalue weighted by Gasteiger charge is -2.30. The molecule has 0 fully saturated rings. The van der Waals surface area contributed by atoms with E-state index in [0.29, 0.717) is 11.8 Å². The van der Waals surface area contributed by atoms with E-state index in [-0.39, 0.29) is 0 Å². The Morgan fingerprint density at radius 2 is 0.922 bits per heavy atom. The van der Waals surface area contributed by atoms with Gasteiger partial charge in [-0.15, -0.1) is 0 Å². The molecule has 0 bridgehead atoms. The second-order valence-electron chi connectivity index (χ2n) is 17.9. The Balaban J connectivity index is 1.21. The lowest BCUT2D eigenvalue weighted by Crippen LogP contribution is -2.12. The first-order valence-corrected chi connectivity index (χ1v) is 22.7. The SMILES string of the molecule is CC(C)c1ccc2c(c1)c(N(c1ccccc1)c1cccc3c4c(oc13)C=CCC4)cc1c3ccc(C(C)C)cc3c(N(c3ccccc3)c3cccc4c3oc3ccccc34)cc21. The topological polar surface area (TPSA) is 32.8 Å². The summed E-state index contributed by atoms with van der Waals surface area (Å²) in [6, 6.07) is 62.2. The van der Waals surface area contributed by atoms with Crippen LogP contribution in [0.1, 0.15) is 68.4 Å². The molecule has 0 saturated carbocycles. The first-order chi connectivity index (χ1) is 31.4. The van der Waals surface area contributed by atoms with Crippen LogP contribution in [0.25, 0.3) is 71.3 Å². The normalized spacial score (nSPS) is 12.8. The molecule has 310 valence electrons. The van der Waals surface area contributed by atoms with Crippen molar-refractivity contribution in [2.75, 3.05) is 9.80 Å². The minimum atomic E-state index is 0.335. The molecule has 1 aliphatic carbocycles. The zero-order valence-corrected chi connectivity index (χ0v) is 36.6. The van der Waals surface area contributed by atoms with Crippen LogP contribution in [-0.4, -0.2) is 0 Å². The standard InChI is InChI=1S/C60H48N2O2/c1-37(2)39-29-31-43-49-36-56(62(42-19-9-6-10-20-42)54-26-16-24-48-46-22-12-14-28-58(46)64-60(48)54)52-34-40(38(3)4)30-32-44(52)50(49)35-55(51(43)33-39)61(41-17-7-5-8-18-41)53-25-15-23-47-45-21-11-13-27-57(45)63-59(47)53/h5-11,13-21,23-38H,12,22H2,1-4H3. The molecular weight excluding hydrogens is 781 g/mol. The zero-order valence-electron chi connectivity index (χ0n) is 36.6. The molecule has 2 heterocycles. The molecule has 0 saturated heterocycles. The molecule has 0 amide bonds. The number of para-hydroxylation sites is 5. The van der Waals surface area contributed by atoms with E-state index in [1.165, 1.54) is 54.4 Å². The van der Waals surface area contributed by atoms with Gasteiger partial charge in [0.2, 0.25) is 0 Å². The van der Waals surface area contributed by atoms with Crippen LogP contribution in [-0.2, 0) is 6.42 Å². The summed E-state index contributed by atoms with van der Waals surface area (Å²) in [6.07, 6.45) is 6.37. The number of hydrogen-bond donors (Lipinski definition) is 0. The van der Waals surface area contributed by atoms with Gasteiger partial charge in [0, 0.05) is 43.9 Å². The summed E-state index contributed by atoms with van der Waals surface area (Å²) in [5.74, 6) is 1.64. The number of anilines is 6. The Hall–Kier alpha value is -7.56. The van der Waals surface area contributed by atoms with Crippen LogP contribution in [0.4, 0.5) is 34.1 Å². The van der Waals surface area contributed by atoms with Crippen molar-refractivity contribution < 1.29 is 8.83 Å². The third kappa shape index (κ3) is 6.04. The first-order valence-electron chi connectivity index (χ1n) is 22.7. The maximum atomic E-state index is 6.85. The largest absolute Gasteiger partial charge is 0.454 e. The Morgan fingerprint density at radius 1 is 0.406 bits per heavy atom. The number of fused-ring (bicyclic) bond motifs is 11. The number of benzene rings is 9. The molecule has 4 nitrogen and oxygen atoms in total. The third-order valence-corrected chi connectivity index (χ3v) is 13.4. The Labute approximate surface area is 373 Å². The molecular formula is C60H48N2O2. The predicted octanol–water partition coefficient (Wildman–Crippen LogP) is 17.9. The molecule has 12 rings (SSSR count). The zero-order chi connectivity index (χ0) is 43.1. The number of allylic oxidation sites excluding steroid dienone is 1. The second-order valence-corrected chi connectivity index (χ2v) is 17.9. The highest BCUT2D eigenvalue weighted by atomic mass is 16.3. The predicted molar refractivity (Wildman–Crippen MR) is 271 cm³/mol. The molecule has 0 unspecified atom stereocenters. The summed E-state index contributed by atoms with van der Waals surface area (Å²) in [5, 5.41) is 10.5. The molecule has 64 heavy (non-hydrogen) atoms. The minimum Gasteiger partial charge on any atom is -0.454 e. The van der Waals surface area contributed by atoms with Crippen molar-refractivity contribution >= 4 is 105 Å². The summed E-state index contributed by atoms with van der Waals surface area (Å²) >= 11 is 0. The maximum Gasteiger partial charge on any atom is 0.159 e. The highest BCUT2D eigenvalue weighted by Crippen LogP contribution is 2.51. The van der Waals surface area contributed by atoms with Gasteiger partial charge in [-0.25, -0.2) is 0 Å². The van der Waals surface area contributed by atoms with Crippen LogP contribution in [0.5, 0.6) is 0 Å². The second kappa shape index (κ2) is 15.1. The van der Waals surface area contributed by atoms with Gasteiger partial charge >= 0.3 is 0 Å². The van der Waals surface area contributed by atoms with E-state index in [1.807, 2.05) is 6.07 Å². The molecule has 0 aliphatic heterocycles. The highest BCUT2D eigenvalue weighted by molar-refractivity contribution is 6.25. The van der Waals surface area contributed by atoms with Gasteiger partial charge in [0.15, 0.2) is 11.2 Å². The average Bonchev–Trinajstić information content (AvgIpc) is 3.92. The fourth-order valence-corrected chi connectivity index (χ4v) is 10.2.